The minimum Gasteiger partial charge on any atom is -0.409 e. The zero-order valence-electron chi connectivity index (χ0n) is 10.9. The summed E-state index contributed by atoms with van der Waals surface area (Å²) in [5.74, 6) is 0.109. The van der Waals surface area contributed by atoms with Gasteiger partial charge in [0.2, 0.25) is 0 Å². The average molecular weight is 251 g/mol. The Kier molecular flexibility index (Phi) is 5.61. The van der Waals surface area contributed by atoms with Gasteiger partial charge in [-0.05, 0) is 19.4 Å². The van der Waals surface area contributed by atoms with E-state index in [4.69, 9.17) is 16.0 Å². The van der Waals surface area contributed by atoms with E-state index in [9.17, 15) is 0 Å². The van der Waals surface area contributed by atoms with Crippen LogP contribution in [0.3, 0.4) is 0 Å². The Morgan fingerprint density at radius 2 is 1.94 bits per heavy atom. The summed E-state index contributed by atoms with van der Waals surface area (Å²) >= 11 is 0. The molecule has 0 spiro atoms. The Morgan fingerprint density at radius 1 is 1.33 bits per heavy atom. The van der Waals surface area contributed by atoms with Crippen molar-refractivity contribution < 1.29 is 10.3 Å². The van der Waals surface area contributed by atoms with Crippen molar-refractivity contribution in [2.45, 2.75) is 26.4 Å². The van der Waals surface area contributed by atoms with E-state index in [2.05, 4.69) is 23.9 Å². The third kappa shape index (κ3) is 4.01. The van der Waals surface area contributed by atoms with Crippen molar-refractivity contribution in [3.63, 3.8) is 0 Å². The molecule has 18 heavy (non-hydrogen) atoms. The molecule has 0 radical (unpaired) electrons. The zero-order valence-corrected chi connectivity index (χ0v) is 10.9. The summed E-state index contributed by atoms with van der Waals surface area (Å²) in [7, 11) is 0. The molecule has 1 aromatic carbocycles. The highest BCUT2D eigenvalue weighted by atomic mass is 16.4. The number of amidine groups is 1. The summed E-state index contributed by atoms with van der Waals surface area (Å²) in [5, 5.41) is 20.5. The van der Waals surface area contributed by atoms with Crippen molar-refractivity contribution in [3.05, 3.63) is 35.4 Å². The van der Waals surface area contributed by atoms with Crippen LogP contribution in [0.15, 0.2) is 29.4 Å². The van der Waals surface area contributed by atoms with Crippen LogP contribution in [0.5, 0.6) is 0 Å². The molecule has 0 fully saturated rings. The number of rotatable bonds is 6. The van der Waals surface area contributed by atoms with Crippen LogP contribution in [-0.4, -0.2) is 40.2 Å². The second-order valence-electron chi connectivity index (χ2n) is 4.47. The van der Waals surface area contributed by atoms with Gasteiger partial charge in [0.1, 0.15) is 0 Å². The molecule has 5 nitrogen and oxygen atoms in total. The van der Waals surface area contributed by atoms with Gasteiger partial charge in [0.25, 0.3) is 0 Å². The van der Waals surface area contributed by atoms with E-state index >= 15 is 0 Å². The van der Waals surface area contributed by atoms with Crippen LogP contribution in [-0.2, 0) is 6.54 Å². The smallest absolute Gasteiger partial charge is 0.170 e. The maximum atomic E-state index is 9.01. The standard InChI is InChI=1S/C13H21N3O2/c1-10(2)16(7-8-17)9-11-3-5-12(6-4-11)13(14)15-18/h3-6,10,17-18H,7-9H2,1-2H3,(H2,14,15). The zero-order chi connectivity index (χ0) is 13.5. The molecule has 0 aliphatic heterocycles. The molecule has 1 rings (SSSR count). The van der Waals surface area contributed by atoms with Gasteiger partial charge in [0.05, 0.1) is 6.61 Å². The number of aliphatic hydroxyl groups is 1. The molecule has 0 heterocycles. The monoisotopic (exact) mass is 251 g/mol. The summed E-state index contributed by atoms with van der Waals surface area (Å²) in [6, 6.07) is 7.91. The van der Waals surface area contributed by atoms with Crippen molar-refractivity contribution >= 4 is 5.84 Å². The van der Waals surface area contributed by atoms with Crippen molar-refractivity contribution in [3.8, 4) is 0 Å². The van der Waals surface area contributed by atoms with Gasteiger partial charge in [-0.3, -0.25) is 4.90 Å². The fourth-order valence-corrected chi connectivity index (χ4v) is 1.72. The topological polar surface area (TPSA) is 82.1 Å². The van der Waals surface area contributed by atoms with Crippen LogP contribution in [0, 0.1) is 0 Å². The van der Waals surface area contributed by atoms with Gasteiger partial charge >= 0.3 is 0 Å². The Labute approximate surface area is 108 Å². The minimum absolute atomic E-state index is 0.109. The van der Waals surface area contributed by atoms with Crippen molar-refractivity contribution in [2.24, 2.45) is 10.9 Å². The molecular weight excluding hydrogens is 230 g/mol. The molecule has 0 bridgehead atoms. The predicted molar refractivity (Wildman–Crippen MR) is 71.6 cm³/mol. The third-order valence-corrected chi connectivity index (χ3v) is 2.86. The normalized spacial score (nSPS) is 12.4. The molecule has 1 aromatic rings. The van der Waals surface area contributed by atoms with E-state index < -0.39 is 0 Å². The SMILES string of the molecule is CC(C)N(CCO)Cc1ccc(C(N)=NO)cc1. The van der Waals surface area contributed by atoms with Gasteiger partial charge in [-0.15, -0.1) is 0 Å². The van der Waals surface area contributed by atoms with Gasteiger partial charge in [0, 0.05) is 24.7 Å². The van der Waals surface area contributed by atoms with Gasteiger partial charge in [-0.2, -0.15) is 0 Å². The number of aliphatic hydroxyl groups excluding tert-OH is 1. The largest absolute Gasteiger partial charge is 0.409 e. The van der Waals surface area contributed by atoms with Crippen molar-refractivity contribution in [1.29, 1.82) is 0 Å². The highest BCUT2D eigenvalue weighted by Crippen LogP contribution is 2.09. The molecule has 0 aromatic heterocycles. The molecule has 0 unspecified atom stereocenters. The van der Waals surface area contributed by atoms with Gasteiger partial charge in [-0.25, -0.2) is 0 Å². The number of hydrogen-bond donors (Lipinski definition) is 3. The molecule has 0 aliphatic carbocycles. The minimum atomic E-state index is 0.109. The van der Waals surface area contributed by atoms with Gasteiger partial charge < -0.3 is 16.0 Å². The fraction of sp³-hybridized carbons (Fsp3) is 0.462. The summed E-state index contributed by atoms with van der Waals surface area (Å²) < 4.78 is 0. The Bertz CT molecular complexity index is 388. The quantitative estimate of drug-likeness (QED) is 0.305. The molecular formula is C13H21N3O2. The Morgan fingerprint density at radius 3 is 2.39 bits per heavy atom. The maximum Gasteiger partial charge on any atom is 0.170 e. The number of nitrogens with zero attached hydrogens (tertiary/aromatic N) is 2. The number of benzene rings is 1. The van der Waals surface area contributed by atoms with E-state index in [0.717, 1.165) is 12.1 Å². The molecule has 4 N–H and O–H groups in total. The van der Waals surface area contributed by atoms with E-state index in [1.54, 1.807) is 0 Å². The fourth-order valence-electron chi connectivity index (χ4n) is 1.72. The number of nitrogens with two attached hydrogens (primary N) is 1. The van der Waals surface area contributed by atoms with Crippen LogP contribution in [0.1, 0.15) is 25.0 Å². The molecule has 0 aliphatic rings. The van der Waals surface area contributed by atoms with Gasteiger partial charge in [0.15, 0.2) is 5.84 Å². The lowest BCUT2D eigenvalue weighted by atomic mass is 10.1. The summed E-state index contributed by atoms with van der Waals surface area (Å²) in [6.45, 7) is 5.77. The first-order chi connectivity index (χ1) is 8.58. The van der Waals surface area contributed by atoms with Crippen LogP contribution in [0.25, 0.3) is 0 Å². The molecule has 0 saturated carbocycles. The predicted octanol–water partition coefficient (Wildman–Crippen LogP) is 0.984. The molecule has 100 valence electrons. The van der Waals surface area contributed by atoms with Crippen LogP contribution in [0.2, 0.25) is 0 Å². The van der Waals surface area contributed by atoms with E-state index in [1.165, 1.54) is 0 Å². The van der Waals surface area contributed by atoms with Crippen LogP contribution < -0.4 is 5.73 Å². The lowest BCUT2D eigenvalue weighted by Crippen LogP contribution is -2.32. The highest BCUT2D eigenvalue weighted by Gasteiger charge is 2.09. The van der Waals surface area contributed by atoms with E-state index in [0.29, 0.717) is 18.2 Å². The molecule has 0 saturated heterocycles. The van der Waals surface area contributed by atoms with Crippen LogP contribution >= 0.6 is 0 Å². The Balaban J connectivity index is 2.73. The van der Waals surface area contributed by atoms with E-state index in [1.807, 2.05) is 24.3 Å². The summed E-state index contributed by atoms with van der Waals surface area (Å²) in [4.78, 5) is 2.18. The lowest BCUT2D eigenvalue weighted by molar-refractivity contribution is 0.159. The first-order valence-electron chi connectivity index (χ1n) is 6.00. The highest BCUT2D eigenvalue weighted by molar-refractivity contribution is 5.96. The first kappa shape index (κ1) is 14.5. The van der Waals surface area contributed by atoms with Crippen molar-refractivity contribution in [1.82, 2.24) is 4.90 Å². The van der Waals surface area contributed by atoms with E-state index in [-0.39, 0.29) is 12.4 Å². The first-order valence-corrected chi connectivity index (χ1v) is 6.00. The maximum absolute atomic E-state index is 9.01. The van der Waals surface area contributed by atoms with Crippen LogP contribution in [0.4, 0.5) is 0 Å². The van der Waals surface area contributed by atoms with Crippen molar-refractivity contribution in [2.75, 3.05) is 13.2 Å². The lowest BCUT2D eigenvalue weighted by Gasteiger charge is -2.25. The Hall–Kier alpha value is -1.59. The second kappa shape index (κ2) is 6.98. The number of oxime groups is 1. The number of hydrogen-bond acceptors (Lipinski definition) is 4. The molecule has 0 amide bonds. The average Bonchev–Trinajstić information content (AvgIpc) is 2.38. The molecule has 5 heteroatoms. The second-order valence-corrected chi connectivity index (χ2v) is 4.47. The molecule has 0 atom stereocenters. The summed E-state index contributed by atoms with van der Waals surface area (Å²) in [5.41, 5.74) is 7.32. The van der Waals surface area contributed by atoms with Gasteiger partial charge in [-0.1, -0.05) is 29.4 Å². The summed E-state index contributed by atoms with van der Waals surface area (Å²) in [6.07, 6.45) is 0. The third-order valence-electron chi connectivity index (χ3n) is 2.86.